The van der Waals surface area contributed by atoms with Crippen LogP contribution in [-0.4, -0.2) is 30.2 Å². The zero-order valence-electron chi connectivity index (χ0n) is 12.0. The molecule has 2 N–H and O–H groups in total. The zero-order chi connectivity index (χ0) is 15.5. The molecule has 1 aromatic rings. The maximum Gasteiger partial charge on any atom is 0.305 e. The number of hydrogen-bond acceptors (Lipinski definition) is 3. The molecule has 21 heavy (non-hydrogen) atoms. The summed E-state index contributed by atoms with van der Waals surface area (Å²) in [6.45, 7) is 4.48. The van der Waals surface area contributed by atoms with Crippen LogP contribution >= 0.6 is 0 Å². The van der Waals surface area contributed by atoms with Crippen molar-refractivity contribution in [3.8, 4) is 0 Å². The maximum absolute atomic E-state index is 11.9. The van der Waals surface area contributed by atoms with Crippen LogP contribution in [0.5, 0.6) is 0 Å². The molecule has 114 valence electrons. The summed E-state index contributed by atoms with van der Waals surface area (Å²) in [7, 11) is 0. The summed E-state index contributed by atoms with van der Waals surface area (Å²) in [5.41, 5.74) is 0.788. The normalized spacial score (nSPS) is 11.6. The molecule has 0 spiro atoms. The van der Waals surface area contributed by atoms with Crippen molar-refractivity contribution < 1.29 is 19.4 Å². The molecule has 0 aliphatic rings. The first-order valence-corrected chi connectivity index (χ1v) is 6.88. The molecule has 1 unspecified atom stereocenters. The predicted molar refractivity (Wildman–Crippen MR) is 79.8 cm³/mol. The Labute approximate surface area is 124 Å². The topological polar surface area (TPSA) is 75.6 Å². The highest BCUT2D eigenvalue weighted by molar-refractivity contribution is 5.77. The van der Waals surface area contributed by atoms with E-state index in [0.717, 1.165) is 5.56 Å². The molecule has 1 rings (SSSR count). The van der Waals surface area contributed by atoms with Crippen molar-refractivity contribution in [1.29, 1.82) is 0 Å². The minimum Gasteiger partial charge on any atom is -0.481 e. The van der Waals surface area contributed by atoms with Crippen molar-refractivity contribution in [2.75, 3.05) is 13.2 Å². The predicted octanol–water partition coefficient (Wildman–Crippen LogP) is 2.30. The van der Waals surface area contributed by atoms with Gasteiger partial charge in [0.15, 0.2) is 0 Å². The quantitative estimate of drug-likeness (QED) is 0.512. The van der Waals surface area contributed by atoms with Gasteiger partial charge in [-0.15, -0.1) is 6.58 Å². The average molecular weight is 291 g/mol. The second-order valence-electron chi connectivity index (χ2n) is 4.60. The summed E-state index contributed by atoms with van der Waals surface area (Å²) in [5.74, 6) is -1.12. The minimum atomic E-state index is -0.946. The number of ether oxygens (including phenoxy) is 1. The minimum absolute atomic E-state index is 0.136. The lowest BCUT2D eigenvalue weighted by molar-refractivity contribution is -0.137. The SMILES string of the molecule is C=CCOCCCC(=O)NC(CC(=O)O)c1ccccc1. The Hall–Kier alpha value is -2.14. The van der Waals surface area contributed by atoms with Crippen LogP contribution in [0.2, 0.25) is 0 Å². The summed E-state index contributed by atoms with van der Waals surface area (Å²) >= 11 is 0. The number of benzene rings is 1. The number of carbonyl (C=O) groups is 2. The Kier molecular flexibility index (Phi) is 7.82. The number of rotatable bonds is 10. The number of aliphatic carboxylic acids is 1. The summed E-state index contributed by atoms with van der Waals surface area (Å²) in [4.78, 5) is 22.8. The number of carboxylic acids is 1. The fraction of sp³-hybridized carbons (Fsp3) is 0.375. The third-order valence-electron chi connectivity index (χ3n) is 2.84. The molecule has 0 bridgehead atoms. The van der Waals surface area contributed by atoms with E-state index < -0.39 is 12.0 Å². The largest absolute Gasteiger partial charge is 0.481 e. The third-order valence-corrected chi connectivity index (χ3v) is 2.84. The Morgan fingerprint density at radius 2 is 2.05 bits per heavy atom. The van der Waals surface area contributed by atoms with E-state index in [4.69, 9.17) is 9.84 Å². The van der Waals surface area contributed by atoms with Gasteiger partial charge in [0.2, 0.25) is 5.91 Å². The van der Waals surface area contributed by atoms with Gasteiger partial charge in [-0.25, -0.2) is 0 Å². The highest BCUT2D eigenvalue weighted by Crippen LogP contribution is 2.16. The average Bonchev–Trinajstić information content (AvgIpc) is 2.47. The number of nitrogens with one attached hydrogen (secondary N) is 1. The number of hydrogen-bond donors (Lipinski definition) is 2. The van der Waals surface area contributed by atoms with Crippen molar-refractivity contribution in [1.82, 2.24) is 5.32 Å². The van der Waals surface area contributed by atoms with Gasteiger partial charge < -0.3 is 15.2 Å². The first kappa shape index (κ1) is 16.9. The van der Waals surface area contributed by atoms with Gasteiger partial charge in [-0.1, -0.05) is 36.4 Å². The van der Waals surface area contributed by atoms with Crippen molar-refractivity contribution >= 4 is 11.9 Å². The van der Waals surface area contributed by atoms with Crippen LogP contribution in [0.15, 0.2) is 43.0 Å². The molecule has 1 aromatic carbocycles. The molecule has 0 radical (unpaired) electrons. The third kappa shape index (κ3) is 7.27. The van der Waals surface area contributed by atoms with Crippen molar-refractivity contribution in [3.63, 3.8) is 0 Å². The van der Waals surface area contributed by atoms with Gasteiger partial charge in [-0.05, 0) is 12.0 Å². The Bertz CT molecular complexity index is 459. The van der Waals surface area contributed by atoms with E-state index in [0.29, 0.717) is 26.1 Å². The standard InChI is InChI=1S/C16H21NO4/c1-2-10-21-11-6-9-15(18)17-14(12-16(19)20)13-7-4-3-5-8-13/h2-5,7-8,14H,1,6,9-12H2,(H,17,18)(H,19,20). The van der Waals surface area contributed by atoms with Crippen LogP contribution in [-0.2, 0) is 14.3 Å². The van der Waals surface area contributed by atoms with Gasteiger partial charge in [0, 0.05) is 13.0 Å². The van der Waals surface area contributed by atoms with Gasteiger partial charge in [0.25, 0.3) is 0 Å². The van der Waals surface area contributed by atoms with Gasteiger partial charge in [-0.2, -0.15) is 0 Å². The van der Waals surface area contributed by atoms with E-state index >= 15 is 0 Å². The van der Waals surface area contributed by atoms with E-state index in [1.54, 1.807) is 18.2 Å². The van der Waals surface area contributed by atoms with Crippen molar-refractivity contribution in [3.05, 3.63) is 48.6 Å². The molecule has 5 nitrogen and oxygen atoms in total. The highest BCUT2D eigenvalue weighted by Gasteiger charge is 2.17. The zero-order valence-corrected chi connectivity index (χ0v) is 12.0. The monoisotopic (exact) mass is 291 g/mol. The van der Waals surface area contributed by atoms with E-state index in [-0.39, 0.29) is 12.3 Å². The lowest BCUT2D eigenvalue weighted by Crippen LogP contribution is -2.30. The summed E-state index contributed by atoms with van der Waals surface area (Å²) in [6.07, 6.45) is 2.41. The molecular weight excluding hydrogens is 270 g/mol. The Morgan fingerprint density at radius 1 is 1.33 bits per heavy atom. The fourth-order valence-electron chi connectivity index (χ4n) is 1.88. The maximum atomic E-state index is 11.9. The van der Waals surface area contributed by atoms with Crippen LogP contribution in [0, 0.1) is 0 Å². The first-order chi connectivity index (χ1) is 10.1. The second kappa shape index (κ2) is 9.72. The van der Waals surface area contributed by atoms with Crippen LogP contribution in [0.3, 0.4) is 0 Å². The lowest BCUT2D eigenvalue weighted by atomic mass is 10.0. The fourth-order valence-corrected chi connectivity index (χ4v) is 1.88. The van der Waals surface area contributed by atoms with E-state index in [1.807, 2.05) is 18.2 Å². The molecule has 0 saturated heterocycles. The van der Waals surface area contributed by atoms with Crippen LogP contribution < -0.4 is 5.32 Å². The van der Waals surface area contributed by atoms with E-state index in [1.165, 1.54) is 0 Å². The van der Waals surface area contributed by atoms with Crippen LogP contribution in [0.4, 0.5) is 0 Å². The molecular formula is C16H21NO4. The summed E-state index contributed by atoms with van der Waals surface area (Å²) in [5, 5.41) is 11.7. The number of amides is 1. The summed E-state index contributed by atoms with van der Waals surface area (Å²) in [6, 6.07) is 8.59. The molecule has 0 aromatic heterocycles. The Balaban J connectivity index is 2.47. The Morgan fingerprint density at radius 3 is 2.67 bits per heavy atom. The summed E-state index contributed by atoms with van der Waals surface area (Å²) < 4.78 is 5.20. The highest BCUT2D eigenvalue weighted by atomic mass is 16.5. The van der Waals surface area contributed by atoms with E-state index in [9.17, 15) is 9.59 Å². The molecule has 0 heterocycles. The van der Waals surface area contributed by atoms with Crippen molar-refractivity contribution in [2.45, 2.75) is 25.3 Å². The van der Waals surface area contributed by atoms with Crippen molar-refractivity contribution in [2.24, 2.45) is 0 Å². The van der Waals surface area contributed by atoms with Crippen LogP contribution in [0.1, 0.15) is 30.9 Å². The smallest absolute Gasteiger partial charge is 0.305 e. The molecule has 0 saturated carbocycles. The molecule has 0 aliphatic heterocycles. The second-order valence-corrected chi connectivity index (χ2v) is 4.60. The van der Waals surface area contributed by atoms with Crippen LogP contribution in [0.25, 0.3) is 0 Å². The van der Waals surface area contributed by atoms with Gasteiger partial charge in [0.1, 0.15) is 0 Å². The van der Waals surface area contributed by atoms with Gasteiger partial charge >= 0.3 is 5.97 Å². The molecule has 1 amide bonds. The van der Waals surface area contributed by atoms with Gasteiger partial charge in [-0.3, -0.25) is 9.59 Å². The lowest BCUT2D eigenvalue weighted by Gasteiger charge is -2.17. The first-order valence-electron chi connectivity index (χ1n) is 6.88. The van der Waals surface area contributed by atoms with Gasteiger partial charge in [0.05, 0.1) is 19.1 Å². The van der Waals surface area contributed by atoms with E-state index in [2.05, 4.69) is 11.9 Å². The molecule has 1 atom stereocenters. The number of carboxylic acid groups (broad SMARTS) is 1. The molecule has 5 heteroatoms. The number of carbonyl (C=O) groups excluding carboxylic acids is 1. The molecule has 0 fully saturated rings. The molecule has 0 aliphatic carbocycles.